The van der Waals surface area contributed by atoms with Crippen molar-refractivity contribution >= 4 is 23.3 Å². The van der Waals surface area contributed by atoms with E-state index in [1.54, 1.807) is 24.3 Å². The van der Waals surface area contributed by atoms with Gasteiger partial charge in [0.2, 0.25) is 0 Å². The maximum Gasteiger partial charge on any atom is 0.338 e. The molecule has 7 heteroatoms. The van der Waals surface area contributed by atoms with Gasteiger partial charge < -0.3 is 25.2 Å². The van der Waals surface area contributed by atoms with Crippen molar-refractivity contribution in [3.05, 3.63) is 94.0 Å². The monoisotopic (exact) mass is 504 g/mol. The maximum atomic E-state index is 12.5. The number of hydrogen-bond donors (Lipinski definition) is 3. The highest BCUT2D eigenvalue weighted by atomic mass is 32.1. The smallest absolute Gasteiger partial charge is 0.338 e. The predicted octanol–water partition coefficient (Wildman–Crippen LogP) is 4.66. The molecule has 3 aromatic carbocycles. The first kappa shape index (κ1) is 25.5. The molecular formula is C29H32N2O4S. The first-order valence-electron chi connectivity index (χ1n) is 12.1. The van der Waals surface area contributed by atoms with Crippen LogP contribution in [0.1, 0.15) is 38.2 Å². The minimum Gasteiger partial charge on any atom is -0.504 e. The number of esters is 1. The first-order valence-corrected chi connectivity index (χ1v) is 12.6. The summed E-state index contributed by atoms with van der Waals surface area (Å²) < 4.78 is 5.68. The van der Waals surface area contributed by atoms with Crippen LogP contribution in [0.15, 0.2) is 60.7 Å². The molecule has 4 rings (SSSR count). The molecule has 0 aliphatic carbocycles. The summed E-state index contributed by atoms with van der Waals surface area (Å²) >= 11 is 5.69. The number of phenolic OH excluding ortho intramolecular Hbond substituents is 2. The van der Waals surface area contributed by atoms with Gasteiger partial charge in [-0.1, -0.05) is 36.4 Å². The van der Waals surface area contributed by atoms with Gasteiger partial charge in [-0.25, -0.2) is 4.79 Å². The predicted molar refractivity (Wildman–Crippen MR) is 144 cm³/mol. The molecule has 188 valence electrons. The number of phenols is 2. The second-order valence-electron chi connectivity index (χ2n) is 9.42. The fourth-order valence-corrected chi connectivity index (χ4v) is 4.64. The van der Waals surface area contributed by atoms with Gasteiger partial charge in [0.05, 0.1) is 12.2 Å². The topological polar surface area (TPSA) is 82.0 Å². The first-order chi connectivity index (χ1) is 17.3. The standard InChI is InChI=1S/C29H32N2O4S/c1-19-8-9-21(12-20(19)2)13-22(18-35-28(34)23-6-4-3-5-7-23)16-30-29(36)31-11-10-24-14-26(32)27(33)15-25(24)17-31/h3-9,12,14-15,22,32-33H,10-11,13,16-18H2,1-2H3,(H,30,36). The number of nitrogens with one attached hydrogen (secondary N) is 1. The van der Waals surface area contributed by atoms with E-state index in [9.17, 15) is 15.0 Å². The van der Waals surface area contributed by atoms with Crippen LogP contribution in [0, 0.1) is 19.8 Å². The SMILES string of the molecule is Cc1ccc(CC(CNC(=S)N2CCc3cc(O)c(O)cc3C2)COC(=O)c2ccccc2)cc1C. The van der Waals surface area contributed by atoms with Gasteiger partial charge in [-0.2, -0.15) is 0 Å². The molecule has 3 aromatic rings. The van der Waals surface area contributed by atoms with Crippen LogP contribution >= 0.6 is 12.2 Å². The lowest BCUT2D eigenvalue weighted by Gasteiger charge is -2.32. The third kappa shape index (κ3) is 6.34. The van der Waals surface area contributed by atoms with Gasteiger partial charge in [-0.05, 0) is 91.0 Å². The average Bonchev–Trinajstić information content (AvgIpc) is 2.88. The van der Waals surface area contributed by atoms with E-state index in [-0.39, 0.29) is 30.0 Å². The molecule has 0 fully saturated rings. The molecule has 0 aromatic heterocycles. The molecule has 1 aliphatic heterocycles. The van der Waals surface area contributed by atoms with Crippen LogP contribution < -0.4 is 5.32 Å². The van der Waals surface area contributed by atoms with Crippen molar-refractivity contribution in [2.75, 3.05) is 19.7 Å². The number of thiocarbonyl (C=S) groups is 1. The molecule has 0 spiro atoms. The van der Waals surface area contributed by atoms with Crippen molar-refractivity contribution in [2.45, 2.75) is 33.2 Å². The lowest BCUT2D eigenvalue weighted by molar-refractivity contribution is 0.0440. The Morgan fingerprint density at radius 2 is 1.75 bits per heavy atom. The Bertz CT molecular complexity index is 1250. The summed E-state index contributed by atoms with van der Waals surface area (Å²) in [5, 5.41) is 23.6. The molecule has 0 bridgehead atoms. The molecule has 1 heterocycles. The molecule has 3 N–H and O–H groups in total. The molecule has 0 amide bonds. The third-order valence-electron chi connectivity index (χ3n) is 6.69. The second-order valence-corrected chi connectivity index (χ2v) is 9.81. The molecular weight excluding hydrogens is 472 g/mol. The van der Waals surface area contributed by atoms with Gasteiger partial charge in [-0.15, -0.1) is 0 Å². The summed E-state index contributed by atoms with van der Waals surface area (Å²) in [6.45, 7) is 6.29. The molecule has 1 unspecified atom stereocenters. The molecule has 0 saturated carbocycles. The van der Waals surface area contributed by atoms with E-state index in [1.165, 1.54) is 16.7 Å². The summed E-state index contributed by atoms with van der Waals surface area (Å²) in [5.74, 6) is -0.528. The second kappa shape index (κ2) is 11.4. The Hall–Kier alpha value is -3.58. The molecule has 6 nitrogen and oxygen atoms in total. The fourth-order valence-electron chi connectivity index (χ4n) is 4.41. The van der Waals surface area contributed by atoms with Gasteiger partial charge in [0, 0.05) is 25.6 Å². The minimum atomic E-state index is -0.334. The van der Waals surface area contributed by atoms with Crippen LogP contribution in [-0.4, -0.2) is 45.9 Å². The van der Waals surface area contributed by atoms with E-state index < -0.39 is 0 Å². The van der Waals surface area contributed by atoms with Crippen LogP contribution in [-0.2, 0) is 24.1 Å². The number of ether oxygens (including phenoxy) is 1. The molecule has 36 heavy (non-hydrogen) atoms. The van der Waals surface area contributed by atoms with Crippen molar-refractivity contribution in [1.29, 1.82) is 0 Å². The summed E-state index contributed by atoms with van der Waals surface area (Å²) in [4.78, 5) is 14.6. The van der Waals surface area contributed by atoms with Crippen molar-refractivity contribution in [2.24, 2.45) is 5.92 Å². The number of fused-ring (bicyclic) bond motifs is 1. The van der Waals surface area contributed by atoms with Crippen molar-refractivity contribution in [3.63, 3.8) is 0 Å². The van der Waals surface area contributed by atoms with Gasteiger partial charge in [-0.3, -0.25) is 0 Å². The van der Waals surface area contributed by atoms with E-state index in [2.05, 4.69) is 42.3 Å². The van der Waals surface area contributed by atoms with E-state index in [0.29, 0.717) is 30.3 Å². The zero-order chi connectivity index (χ0) is 25.7. The Morgan fingerprint density at radius 1 is 1.03 bits per heavy atom. The maximum absolute atomic E-state index is 12.5. The number of rotatable bonds is 7. The third-order valence-corrected chi connectivity index (χ3v) is 7.10. The Balaban J connectivity index is 1.40. The fraction of sp³-hybridized carbons (Fsp3) is 0.310. The Morgan fingerprint density at radius 3 is 2.47 bits per heavy atom. The number of carbonyl (C=O) groups excluding carboxylic acids is 1. The lowest BCUT2D eigenvalue weighted by Crippen LogP contribution is -2.44. The largest absolute Gasteiger partial charge is 0.504 e. The molecule has 0 radical (unpaired) electrons. The number of aromatic hydroxyl groups is 2. The van der Waals surface area contributed by atoms with Gasteiger partial charge in [0.15, 0.2) is 16.6 Å². The van der Waals surface area contributed by atoms with Crippen molar-refractivity contribution in [1.82, 2.24) is 10.2 Å². The highest BCUT2D eigenvalue weighted by Crippen LogP contribution is 2.31. The van der Waals surface area contributed by atoms with Gasteiger partial charge >= 0.3 is 5.97 Å². The highest BCUT2D eigenvalue weighted by Gasteiger charge is 2.22. The van der Waals surface area contributed by atoms with E-state index >= 15 is 0 Å². The quantitative estimate of drug-likeness (QED) is 0.245. The van der Waals surface area contributed by atoms with Crippen LogP contribution in [0.3, 0.4) is 0 Å². The Labute approximate surface area is 217 Å². The number of nitrogens with zero attached hydrogens (tertiary/aromatic N) is 1. The minimum absolute atomic E-state index is 0.0239. The lowest BCUT2D eigenvalue weighted by atomic mass is 9.97. The average molecular weight is 505 g/mol. The highest BCUT2D eigenvalue weighted by molar-refractivity contribution is 7.80. The molecule has 1 aliphatic rings. The van der Waals surface area contributed by atoms with E-state index in [0.717, 1.165) is 24.0 Å². The zero-order valence-corrected chi connectivity index (χ0v) is 21.5. The number of benzene rings is 3. The van der Waals surface area contributed by atoms with Gasteiger partial charge in [0.1, 0.15) is 0 Å². The number of carbonyl (C=O) groups is 1. The van der Waals surface area contributed by atoms with E-state index in [1.807, 2.05) is 18.2 Å². The molecule has 0 saturated heterocycles. The van der Waals surface area contributed by atoms with Crippen LogP contribution in [0.5, 0.6) is 11.5 Å². The molecule has 1 atom stereocenters. The summed E-state index contributed by atoms with van der Waals surface area (Å²) in [7, 11) is 0. The van der Waals surface area contributed by atoms with Crippen LogP contribution in [0.2, 0.25) is 0 Å². The number of aryl methyl sites for hydroxylation is 2. The summed E-state index contributed by atoms with van der Waals surface area (Å²) in [6, 6.07) is 18.7. The van der Waals surface area contributed by atoms with E-state index in [4.69, 9.17) is 17.0 Å². The number of hydrogen-bond acceptors (Lipinski definition) is 5. The normalized spacial score (nSPS) is 13.6. The van der Waals surface area contributed by atoms with Crippen LogP contribution in [0.4, 0.5) is 0 Å². The van der Waals surface area contributed by atoms with Crippen LogP contribution in [0.25, 0.3) is 0 Å². The summed E-state index contributed by atoms with van der Waals surface area (Å²) in [6.07, 6.45) is 1.47. The van der Waals surface area contributed by atoms with Crippen molar-refractivity contribution in [3.8, 4) is 11.5 Å². The van der Waals surface area contributed by atoms with Gasteiger partial charge in [0.25, 0.3) is 0 Å². The zero-order valence-electron chi connectivity index (χ0n) is 20.7. The summed E-state index contributed by atoms with van der Waals surface area (Å²) in [5.41, 5.74) is 6.17. The Kier molecular flexibility index (Phi) is 8.10. The van der Waals surface area contributed by atoms with Crippen molar-refractivity contribution < 1.29 is 19.7 Å².